The molecule has 0 bridgehead atoms. The van der Waals surface area contributed by atoms with Gasteiger partial charge in [0.15, 0.2) is 5.16 Å². The lowest BCUT2D eigenvalue weighted by molar-refractivity contribution is -0.128. The Morgan fingerprint density at radius 3 is 2.57 bits per heavy atom. The Kier molecular flexibility index (Phi) is 5.62. The summed E-state index contributed by atoms with van der Waals surface area (Å²) in [6.45, 7) is 9.74. The third-order valence-corrected chi connectivity index (χ3v) is 6.37. The molecule has 0 unspecified atom stereocenters. The van der Waals surface area contributed by atoms with Crippen LogP contribution in [0.4, 0.5) is 5.69 Å². The van der Waals surface area contributed by atoms with Gasteiger partial charge < -0.3 is 14.4 Å². The van der Waals surface area contributed by atoms with Crippen molar-refractivity contribution in [1.82, 2.24) is 19.7 Å². The first-order valence-corrected chi connectivity index (χ1v) is 11.2. The second-order valence-corrected chi connectivity index (χ2v) is 9.03. The molecule has 2 aliphatic rings. The molecule has 4 rings (SSSR count). The van der Waals surface area contributed by atoms with Gasteiger partial charge in [0.25, 0.3) is 0 Å². The number of amides is 1. The largest absolute Gasteiger partial charge is 0.368 e. The molecule has 2 fully saturated rings. The fraction of sp³-hybridized carbons (Fsp3) is 0.571. The topological polar surface area (TPSA) is 54.3 Å². The Hall–Kier alpha value is -2.02. The number of aromatic nitrogens is 3. The molecule has 0 radical (unpaired) electrons. The summed E-state index contributed by atoms with van der Waals surface area (Å²) < 4.78 is 2.26. The SMILES string of the molecule is Cc1cccc(N2CCN(C(=O)CSc3nnc(C(C)C)n3C3CC3)CC2)c1. The Bertz CT molecular complexity index is 837. The molecule has 7 heteroatoms. The predicted molar refractivity (Wildman–Crippen MR) is 113 cm³/mol. The number of nitrogens with zero attached hydrogens (tertiary/aromatic N) is 5. The van der Waals surface area contributed by atoms with Crippen molar-refractivity contribution in [2.75, 3.05) is 36.8 Å². The zero-order valence-electron chi connectivity index (χ0n) is 17.0. The fourth-order valence-corrected chi connectivity index (χ4v) is 4.63. The lowest BCUT2D eigenvalue weighted by atomic mass is 10.2. The summed E-state index contributed by atoms with van der Waals surface area (Å²) in [5, 5.41) is 9.65. The molecule has 1 saturated heterocycles. The number of hydrogen-bond donors (Lipinski definition) is 0. The molecule has 6 nitrogen and oxygen atoms in total. The lowest BCUT2D eigenvalue weighted by Crippen LogP contribution is -2.49. The van der Waals surface area contributed by atoms with Crippen LogP contribution in [-0.2, 0) is 4.79 Å². The zero-order chi connectivity index (χ0) is 19.7. The quantitative estimate of drug-likeness (QED) is 0.696. The Morgan fingerprint density at radius 1 is 1.18 bits per heavy atom. The fourth-order valence-electron chi connectivity index (χ4n) is 3.71. The van der Waals surface area contributed by atoms with E-state index in [4.69, 9.17) is 0 Å². The van der Waals surface area contributed by atoms with Gasteiger partial charge in [0.1, 0.15) is 5.82 Å². The maximum atomic E-state index is 12.7. The van der Waals surface area contributed by atoms with E-state index in [0.29, 0.717) is 17.7 Å². The van der Waals surface area contributed by atoms with Gasteiger partial charge in [0.05, 0.1) is 5.75 Å². The average molecular weight is 400 g/mol. The van der Waals surface area contributed by atoms with Gasteiger partial charge in [0.2, 0.25) is 5.91 Å². The third kappa shape index (κ3) is 4.19. The first-order valence-electron chi connectivity index (χ1n) is 10.2. The van der Waals surface area contributed by atoms with Crippen LogP contribution in [-0.4, -0.2) is 57.5 Å². The van der Waals surface area contributed by atoms with Crippen LogP contribution in [0.1, 0.15) is 50.0 Å². The van der Waals surface area contributed by atoms with Gasteiger partial charge in [-0.15, -0.1) is 10.2 Å². The number of aryl methyl sites for hydroxylation is 1. The highest BCUT2D eigenvalue weighted by molar-refractivity contribution is 7.99. The van der Waals surface area contributed by atoms with Crippen LogP contribution in [0, 0.1) is 6.92 Å². The highest BCUT2D eigenvalue weighted by Gasteiger charge is 2.31. The van der Waals surface area contributed by atoms with Crippen LogP contribution in [0.5, 0.6) is 0 Å². The van der Waals surface area contributed by atoms with Crippen molar-refractivity contribution in [2.24, 2.45) is 0 Å². The number of carbonyl (C=O) groups is 1. The second-order valence-electron chi connectivity index (χ2n) is 8.09. The smallest absolute Gasteiger partial charge is 0.233 e. The first-order chi connectivity index (χ1) is 13.5. The molecule has 1 aromatic carbocycles. The molecule has 28 heavy (non-hydrogen) atoms. The van der Waals surface area contributed by atoms with Crippen molar-refractivity contribution >= 4 is 23.4 Å². The first kappa shape index (κ1) is 19.3. The van der Waals surface area contributed by atoms with E-state index in [2.05, 4.69) is 64.7 Å². The summed E-state index contributed by atoms with van der Waals surface area (Å²) in [6, 6.07) is 9.11. The van der Waals surface area contributed by atoms with E-state index in [9.17, 15) is 4.79 Å². The van der Waals surface area contributed by atoms with E-state index >= 15 is 0 Å². The highest BCUT2D eigenvalue weighted by Crippen LogP contribution is 2.40. The molecule has 1 aliphatic heterocycles. The van der Waals surface area contributed by atoms with E-state index in [-0.39, 0.29) is 5.91 Å². The van der Waals surface area contributed by atoms with Crippen molar-refractivity contribution < 1.29 is 4.79 Å². The molecular formula is C21H29N5OS. The molecule has 150 valence electrons. The van der Waals surface area contributed by atoms with Gasteiger partial charge in [0, 0.05) is 43.8 Å². The number of carbonyl (C=O) groups excluding carboxylic acids is 1. The van der Waals surface area contributed by atoms with Crippen LogP contribution in [0.3, 0.4) is 0 Å². The van der Waals surface area contributed by atoms with Crippen molar-refractivity contribution in [3.05, 3.63) is 35.7 Å². The summed E-state index contributed by atoms with van der Waals surface area (Å²) in [5.74, 6) is 2.04. The Balaban J connectivity index is 1.32. The van der Waals surface area contributed by atoms with Crippen molar-refractivity contribution in [1.29, 1.82) is 0 Å². The molecular weight excluding hydrogens is 370 g/mol. The number of anilines is 1. The maximum Gasteiger partial charge on any atom is 0.233 e. The van der Waals surface area contributed by atoms with Crippen molar-refractivity contribution in [2.45, 2.75) is 50.7 Å². The summed E-state index contributed by atoms with van der Waals surface area (Å²) in [4.78, 5) is 17.1. The van der Waals surface area contributed by atoms with E-state index in [0.717, 1.165) is 37.2 Å². The standard InChI is InChI=1S/C21H29N5OS/c1-15(2)20-22-23-21(26(20)17-7-8-17)28-14-19(27)25-11-9-24(10-12-25)18-6-4-5-16(3)13-18/h4-6,13,15,17H,7-12,14H2,1-3H3. The molecule has 0 spiro atoms. The normalized spacial score (nSPS) is 17.4. The van der Waals surface area contributed by atoms with E-state index in [1.807, 2.05) is 4.90 Å². The highest BCUT2D eigenvalue weighted by atomic mass is 32.2. The van der Waals surface area contributed by atoms with E-state index < -0.39 is 0 Å². The third-order valence-electron chi connectivity index (χ3n) is 5.44. The van der Waals surface area contributed by atoms with Gasteiger partial charge in [-0.25, -0.2) is 0 Å². The van der Waals surface area contributed by atoms with Crippen molar-refractivity contribution in [3.8, 4) is 0 Å². The maximum absolute atomic E-state index is 12.7. The molecule has 2 aromatic rings. The summed E-state index contributed by atoms with van der Waals surface area (Å²) in [6.07, 6.45) is 2.39. The minimum absolute atomic E-state index is 0.199. The van der Waals surface area contributed by atoms with Crippen LogP contribution in [0.15, 0.2) is 29.4 Å². The lowest BCUT2D eigenvalue weighted by Gasteiger charge is -2.36. The molecule has 1 aromatic heterocycles. The Labute approximate surface area is 171 Å². The van der Waals surface area contributed by atoms with Gasteiger partial charge in [-0.05, 0) is 37.5 Å². The number of hydrogen-bond acceptors (Lipinski definition) is 5. The van der Waals surface area contributed by atoms with Gasteiger partial charge in [-0.3, -0.25) is 4.79 Å². The molecule has 1 amide bonds. The number of thioether (sulfide) groups is 1. The second kappa shape index (κ2) is 8.15. The van der Waals surface area contributed by atoms with Gasteiger partial charge >= 0.3 is 0 Å². The summed E-state index contributed by atoms with van der Waals surface area (Å²) in [7, 11) is 0. The van der Waals surface area contributed by atoms with Crippen LogP contribution in [0.2, 0.25) is 0 Å². The van der Waals surface area contributed by atoms with E-state index in [1.165, 1.54) is 35.9 Å². The van der Waals surface area contributed by atoms with Gasteiger partial charge in [-0.2, -0.15) is 0 Å². The molecule has 0 atom stereocenters. The summed E-state index contributed by atoms with van der Waals surface area (Å²) in [5.41, 5.74) is 2.52. The molecule has 1 saturated carbocycles. The molecule has 1 aliphatic carbocycles. The number of rotatable bonds is 6. The number of piperazine rings is 1. The summed E-state index contributed by atoms with van der Waals surface area (Å²) >= 11 is 1.54. The molecule has 2 heterocycles. The van der Waals surface area contributed by atoms with Crippen LogP contribution >= 0.6 is 11.8 Å². The van der Waals surface area contributed by atoms with Crippen LogP contribution in [0.25, 0.3) is 0 Å². The number of benzene rings is 1. The van der Waals surface area contributed by atoms with Crippen LogP contribution < -0.4 is 4.90 Å². The minimum atomic E-state index is 0.199. The average Bonchev–Trinajstić information content (AvgIpc) is 3.44. The minimum Gasteiger partial charge on any atom is -0.368 e. The monoisotopic (exact) mass is 399 g/mol. The molecule has 0 N–H and O–H groups in total. The van der Waals surface area contributed by atoms with Gasteiger partial charge in [-0.1, -0.05) is 37.7 Å². The van der Waals surface area contributed by atoms with E-state index in [1.54, 1.807) is 0 Å². The Morgan fingerprint density at radius 2 is 1.93 bits per heavy atom. The zero-order valence-corrected chi connectivity index (χ0v) is 17.8. The van der Waals surface area contributed by atoms with Crippen molar-refractivity contribution in [3.63, 3.8) is 0 Å². The predicted octanol–water partition coefficient (Wildman–Crippen LogP) is 3.49.